The molecule has 1 atom stereocenters. The SMILES string of the molecule is COC(=O)N1CCC[C@H]1C(=O)Nc1ccc(F)c(F)c1. The van der Waals surface area contributed by atoms with Gasteiger partial charge in [0.05, 0.1) is 7.11 Å². The molecule has 7 heteroatoms. The van der Waals surface area contributed by atoms with Crippen LogP contribution in [0.25, 0.3) is 0 Å². The lowest BCUT2D eigenvalue weighted by molar-refractivity contribution is -0.119. The number of nitrogens with zero attached hydrogens (tertiary/aromatic N) is 1. The molecule has 0 unspecified atom stereocenters. The predicted molar refractivity (Wildman–Crippen MR) is 67.1 cm³/mol. The van der Waals surface area contributed by atoms with E-state index in [0.29, 0.717) is 19.4 Å². The van der Waals surface area contributed by atoms with E-state index in [1.165, 1.54) is 18.1 Å². The van der Waals surface area contributed by atoms with Crippen LogP contribution in [-0.2, 0) is 9.53 Å². The standard InChI is InChI=1S/C13H14F2N2O3/c1-20-13(19)17-6-2-3-11(17)12(18)16-8-4-5-9(14)10(15)7-8/h4-5,7,11H,2-3,6H2,1H3,(H,16,18)/t11-/m0/s1. The van der Waals surface area contributed by atoms with Gasteiger partial charge in [0.2, 0.25) is 5.91 Å². The van der Waals surface area contributed by atoms with Crippen LogP contribution < -0.4 is 5.32 Å². The molecule has 1 saturated heterocycles. The van der Waals surface area contributed by atoms with E-state index < -0.39 is 29.7 Å². The molecule has 1 heterocycles. The van der Waals surface area contributed by atoms with Gasteiger partial charge in [0, 0.05) is 18.3 Å². The van der Waals surface area contributed by atoms with Gasteiger partial charge in [-0.3, -0.25) is 9.69 Å². The molecule has 1 aromatic carbocycles. The lowest BCUT2D eigenvalue weighted by Gasteiger charge is -2.22. The van der Waals surface area contributed by atoms with Gasteiger partial charge >= 0.3 is 6.09 Å². The molecule has 5 nitrogen and oxygen atoms in total. The second-order valence-corrected chi connectivity index (χ2v) is 4.44. The van der Waals surface area contributed by atoms with Crippen molar-refractivity contribution in [2.75, 3.05) is 19.0 Å². The van der Waals surface area contributed by atoms with E-state index in [-0.39, 0.29) is 5.69 Å². The highest BCUT2D eigenvalue weighted by atomic mass is 19.2. The molecule has 0 bridgehead atoms. The van der Waals surface area contributed by atoms with Gasteiger partial charge in [0.25, 0.3) is 0 Å². The first-order valence-corrected chi connectivity index (χ1v) is 6.13. The Balaban J connectivity index is 2.07. The first-order valence-electron chi connectivity index (χ1n) is 6.13. The molecule has 0 radical (unpaired) electrons. The fraction of sp³-hybridized carbons (Fsp3) is 0.385. The molecule has 1 aliphatic rings. The summed E-state index contributed by atoms with van der Waals surface area (Å²) >= 11 is 0. The number of halogens is 2. The number of methoxy groups -OCH3 is 1. The van der Waals surface area contributed by atoms with E-state index in [1.54, 1.807) is 0 Å². The number of carbonyl (C=O) groups excluding carboxylic acids is 2. The lowest BCUT2D eigenvalue weighted by atomic mass is 10.2. The van der Waals surface area contributed by atoms with E-state index in [4.69, 9.17) is 0 Å². The quantitative estimate of drug-likeness (QED) is 0.905. The zero-order valence-electron chi connectivity index (χ0n) is 10.9. The average Bonchev–Trinajstić information content (AvgIpc) is 2.91. The predicted octanol–water partition coefficient (Wildman–Crippen LogP) is 2.13. The normalized spacial score (nSPS) is 17.9. The van der Waals surface area contributed by atoms with Crippen LogP contribution in [0, 0.1) is 11.6 Å². The van der Waals surface area contributed by atoms with Crippen molar-refractivity contribution in [2.24, 2.45) is 0 Å². The molecule has 0 saturated carbocycles. The summed E-state index contributed by atoms with van der Waals surface area (Å²) in [4.78, 5) is 24.9. The summed E-state index contributed by atoms with van der Waals surface area (Å²) in [6, 6.07) is 2.42. The van der Waals surface area contributed by atoms with Crippen molar-refractivity contribution in [2.45, 2.75) is 18.9 Å². The molecule has 2 rings (SSSR count). The van der Waals surface area contributed by atoms with Crippen molar-refractivity contribution in [1.82, 2.24) is 4.90 Å². The molecule has 0 spiro atoms. The minimum absolute atomic E-state index is 0.144. The summed E-state index contributed by atoms with van der Waals surface area (Å²) in [5.41, 5.74) is 0.144. The number of anilines is 1. The number of likely N-dealkylation sites (tertiary alicyclic amines) is 1. The third-order valence-corrected chi connectivity index (χ3v) is 3.15. The maximum Gasteiger partial charge on any atom is 0.410 e. The Morgan fingerprint density at radius 2 is 2.10 bits per heavy atom. The van der Waals surface area contributed by atoms with Crippen LogP contribution in [0.3, 0.4) is 0 Å². The van der Waals surface area contributed by atoms with Crippen LogP contribution in [0.2, 0.25) is 0 Å². The van der Waals surface area contributed by atoms with Crippen molar-refractivity contribution in [3.8, 4) is 0 Å². The van der Waals surface area contributed by atoms with E-state index in [0.717, 1.165) is 12.1 Å². The monoisotopic (exact) mass is 284 g/mol. The molecule has 20 heavy (non-hydrogen) atoms. The Bertz CT molecular complexity index is 536. The molecule has 0 aliphatic carbocycles. The fourth-order valence-electron chi connectivity index (χ4n) is 2.17. The molecule has 2 amide bonds. The summed E-state index contributed by atoms with van der Waals surface area (Å²) in [6.45, 7) is 0.433. The number of benzene rings is 1. The summed E-state index contributed by atoms with van der Waals surface area (Å²) in [5, 5.41) is 2.47. The van der Waals surface area contributed by atoms with Crippen molar-refractivity contribution in [1.29, 1.82) is 0 Å². The van der Waals surface area contributed by atoms with Crippen LogP contribution in [0.1, 0.15) is 12.8 Å². The number of hydrogen-bond donors (Lipinski definition) is 1. The summed E-state index contributed by atoms with van der Waals surface area (Å²) in [7, 11) is 1.24. The zero-order chi connectivity index (χ0) is 14.7. The van der Waals surface area contributed by atoms with Gasteiger partial charge in [-0.1, -0.05) is 0 Å². The number of hydrogen-bond acceptors (Lipinski definition) is 3. The van der Waals surface area contributed by atoms with Gasteiger partial charge < -0.3 is 10.1 Å². The van der Waals surface area contributed by atoms with Crippen LogP contribution in [-0.4, -0.2) is 36.6 Å². The highest BCUT2D eigenvalue weighted by molar-refractivity contribution is 5.96. The molecule has 1 fully saturated rings. The van der Waals surface area contributed by atoms with E-state index in [1.807, 2.05) is 0 Å². The van der Waals surface area contributed by atoms with Crippen molar-refractivity contribution in [3.05, 3.63) is 29.8 Å². The van der Waals surface area contributed by atoms with Crippen LogP contribution in [0.4, 0.5) is 19.3 Å². The van der Waals surface area contributed by atoms with Gasteiger partial charge in [0.1, 0.15) is 6.04 Å². The molecule has 1 N–H and O–H groups in total. The van der Waals surface area contributed by atoms with Crippen molar-refractivity contribution < 1.29 is 23.1 Å². The van der Waals surface area contributed by atoms with Gasteiger partial charge in [0.15, 0.2) is 11.6 Å². The van der Waals surface area contributed by atoms with E-state index in [9.17, 15) is 18.4 Å². The highest BCUT2D eigenvalue weighted by Gasteiger charge is 2.34. The largest absolute Gasteiger partial charge is 0.453 e. The smallest absolute Gasteiger partial charge is 0.410 e. The number of nitrogens with one attached hydrogen (secondary N) is 1. The Hall–Kier alpha value is -2.18. The fourth-order valence-corrected chi connectivity index (χ4v) is 2.17. The number of amides is 2. The first kappa shape index (κ1) is 14.2. The van der Waals surface area contributed by atoms with Crippen LogP contribution in [0.15, 0.2) is 18.2 Å². The van der Waals surface area contributed by atoms with Gasteiger partial charge in [-0.25, -0.2) is 13.6 Å². The third kappa shape index (κ3) is 2.87. The lowest BCUT2D eigenvalue weighted by Crippen LogP contribution is -2.43. The molecular weight excluding hydrogens is 270 g/mol. The summed E-state index contributed by atoms with van der Waals surface area (Å²) in [5.74, 6) is -2.47. The van der Waals surface area contributed by atoms with Crippen LogP contribution >= 0.6 is 0 Å². The maximum atomic E-state index is 13.1. The first-order chi connectivity index (χ1) is 9.52. The molecule has 1 aromatic rings. The second kappa shape index (κ2) is 5.85. The molecule has 1 aliphatic heterocycles. The maximum absolute atomic E-state index is 13.1. The minimum Gasteiger partial charge on any atom is -0.453 e. The number of carbonyl (C=O) groups is 2. The molecule has 108 valence electrons. The van der Waals surface area contributed by atoms with Gasteiger partial charge in [-0.05, 0) is 25.0 Å². The number of rotatable bonds is 2. The minimum atomic E-state index is -1.04. The van der Waals surface area contributed by atoms with Gasteiger partial charge in [-0.2, -0.15) is 0 Å². The van der Waals surface area contributed by atoms with Crippen LogP contribution in [0.5, 0.6) is 0 Å². The van der Waals surface area contributed by atoms with E-state index in [2.05, 4.69) is 10.1 Å². The topological polar surface area (TPSA) is 58.6 Å². The molecule has 0 aromatic heterocycles. The second-order valence-electron chi connectivity index (χ2n) is 4.44. The molecular formula is C13H14F2N2O3. The summed E-state index contributed by atoms with van der Waals surface area (Å²) in [6.07, 6.45) is 0.614. The summed E-state index contributed by atoms with van der Waals surface area (Å²) < 4.78 is 30.4. The third-order valence-electron chi connectivity index (χ3n) is 3.15. The average molecular weight is 284 g/mol. The Morgan fingerprint density at radius 3 is 2.75 bits per heavy atom. The van der Waals surface area contributed by atoms with Crippen molar-refractivity contribution >= 4 is 17.7 Å². The van der Waals surface area contributed by atoms with Gasteiger partial charge in [-0.15, -0.1) is 0 Å². The van der Waals surface area contributed by atoms with E-state index >= 15 is 0 Å². The Kier molecular flexibility index (Phi) is 4.16. The Morgan fingerprint density at radius 1 is 1.35 bits per heavy atom. The number of ether oxygens (including phenoxy) is 1. The Labute approximate surface area is 114 Å². The van der Waals surface area contributed by atoms with Crippen molar-refractivity contribution in [3.63, 3.8) is 0 Å². The highest BCUT2D eigenvalue weighted by Crippen LogP contribution is 2.20. The zero-order valence-corrected chi connectivity index (χ0v) is 10.9.